The molecule has 2 N–H and O–H groups in total. The highest BCUT2D eigenvalue weighted by Gasteiger charge is 2.24. The summed E-state index contributed by atoms with van der Waals surface area (Å²) in [6, 6.07) is 4.74. The summed E-state index contributed by atoms with van der Waals surface area (Å²) >= 11 is 0. The number of nitro benzene ring substituents is 1. The zero-order valence-corrected chi connectivity index (χ0v) is 12.5. The minimum absolute atomic E-state index is 0.0359. The molecule has 22 heavy (non-hydrogen) atoms. The van der Waals surface area contributed by atoms with Crippen molar-refractivity contribution in [3.05, 3.63) is 34.4 Å². The van der Waals surface area contributed by atoms with Crippen molar-refractivity contribution >= 4 is 22.1 Å². The minimum Gasteiger partial charge on any atom is -0.356 e. The van der Waals surface area contributed by atoms with Crippen LogP contribution in [0.3, 0.4) is 0 Å². The van der Waals surface area contributed by atoms with E-state index in [0.717, 1.165) is 12.1 Å². The lowest BCUT2D eigenvalue weighted by atomic mass is 10.1. The number of hydrogen-bond acceptors (Lipinski definition) is 6. The van der Waals surface area contributed by atoms with E-state index in [0.29, 0.717) is 32.3 Å². The molecule has 0 unspecified atom stereocenters. The first-order valence-corrected chi connectivity index (χ1v) is 8.12. The summed E-state index contributed by atoms with van der Waals surface area (Å²) in [4.78, 5) is 22.7. The average molecular weight is 328 g/mol. The van der Waals surface area contributed by atoms with Crippen LogP contribution in [0.15, 0.2) is 29.2 Å². The SMILES string of the molecule is O=CNC1CCN(NS(=O)(=O)c2ccc([N+](=O)[O-])cc2)CC1. The molecule has 1 aromatic rings. The molecule has 0 aliphatic carbocycles. The van der Waals surface area contributed by atoms with Gasteiger partial charge in [-0.05, 0) is 25.0 Å². The van der Waals surface area contributed by atoms with E-state index in [1.807, 2.05) is 0 Å². The van der Waals surface area contributed by atoms with E-state index >= 15 is 0 Å². The molecule has 0 saturated carbocycles. The maximum absolute atomic E-state index is 12.2. The van der Waals surface area contributed by atoms with Crippen molar-refractivity contribution in [1.29, 1.82) is 0 Å². The van der Waals surface area contributed by atoms with E-state index in [2.05, 4.69) is 10.1 Å². The third-order valence-electron chi connectivity index (χ3n) is 3.41. The van der Waals surface area contributed by atoms with Crippen LogP contribution in [0.2, 0.25) is 0 Å². The quantitative estimate of drug-likeness (QED) is 0.430. The second-order valence-electron chi connectivity index (χ2n) is 4.89. The van der Waals surface area contributed by atoms with Gasteiger partial charge in [0.25, 0.3) is 15.7 Å². The van der Waals surface area contributed by atoms with Crippen LogP contribution in [-0.2, 0) is 14.8 Å². The molecule has 0 bridgehead atoms. The van der Waals surface area contributed by atoms with E-state index in [4.69, 9.17) is 0 Å². The standard InChI is InChI=1S/C12H16N4O5S/c17-9-13-10-5-7-15(8-6-10)14-22(20,21)12-3-1-11(2-4-12)16(18)19/h1-4,9-10,14H,5-8H2,(H,13,17). The van der Waals surface area contributed by atoms with Crippen molar-refractivity contribution in [3.63, 3.8) is 0 Å². The maximum Gasteiger partial charge on any atom is 0.269 e. The summed E-state index contributed by atoms with van der Waals surface area (Å²) in [5.74, 6) is 0. The molecule has 2 rings (SSSR count). The van der Waals surface area contributed by atoms with E-state index < -0.39 is 14.9 Å². The molecule has 1 saturated heterocycles. The number of nitro groups is 1. The lowest BCUT2D eigenvalue weighted by Crippen LogP contribution is -2.49. The number of hydrazine groups is 1. The van der Waals surface area contributed by atoms with Gasteiger partial charge in [0.1, 0.15) is 0 Å². The predicted octanol–water partition coefficient (Wildman–Crippen LogP) is -0.00150. The van der Waals surface area contributed by atoms with E-state index in [1.54, 1.807) is 5.01 Å². The molecule has 0 spiro atoms. The Labute approximate surface area is 127 Å². The number of carbonyl (C=O) groups excluding carboxylic acids is 1. The number of sulfonamides is 1. The molecule has 1 amide bonds. The van der Waals surface area contributed by atoms with Crippen LogP contribution in [-0.4, -0.2) is 43.9 Å². The lowest BCUT2D eigenvalue weighted by molar-refractivity contribution is -0.384. The fraction of sp³-hybridized carbons (Fsp3) is 0.417. The first kappa shape index (κ1) is 16.3. The van der Waals surface area contributed by atoms with Crippen molar-refractivity contribution in [2.75, 3.05) is 13.1 Å². The van der Waals surface area contributed by atoms with Gasteiger partial charge in [0.05, 0.1) is 9.82 Å². The monoisotopic (exact) mass is 328 g/mol. The summed E-state index contributed by atoms with van der Waals surface area (Å²) < 4.78 is 24.4. The van der Waals surface area contributed by atoms with Gasteiger partial charge in [-0.15, -0.1) is 4.83 Å². The number of nitrogens with zero attached hydrogens (tertiary/aromatic N) is 2. The molecular weight excluding hydrogens is 312 g/mol. The van der Waals surface area contributed by atoms with Crippen molar-refractivity contribution in [1.82, 2.24) is 15.2 Å². The largest absolute Gasteiger partial charge is 0.356 e. The predicted molar refractivity (Wildman–Crippen MR) is 77.2 cm³/mol. The number of carbonyl (C=O) groups is 1. The number of rotatable bonds is 6. The van der Waals surface area contributed by atoms with Gasteiger partial charge in [0.2, 0.25) is 6.41 Å². The van der Waals surface area contributed by atoms with Gasteiger partial charge >= 0.3 is 0 Å². The summed E-state index contributed by atoms with van der Waals surface area (Å²) in [6.07, 6.45) is 1.92. The zero-order valence-electron chi connectivity index (χ0n) is 11.6. The Balaban J connectivity index is 1.99. The summed E-state index contributed by atoms with van der Waals surface area (Å²) in [7, 11) is -3.77. The van der Waals surface area contributed by atoms with Crippen LogP contribution in [0, 0.1) is 10.1 Å². The lowest BCUT2D eigenvalue weighted by Gasteiger charge is -2.31. The number of benzene rings is 1. The Hall–Kier alpha value is -2.04. The van der Waals surface area contributed by atoms with Crippen molar-refractivity contribution in [3.8, 4) is 0 Å². The first-order chi connectivity index (χ1) is 10.4. The number of hydrogen-bond donors (Lipinski definition) is 2. The summed E-state index contributed by atoms with van der Waals surface area (Å²) in [6.45, 7) is 0.940. The summed E-state index contributed by atoms with van der Waals surface area (Å²) in [5.41, 5.74) is -0.167. The summed E-state index contributed by atoms with van der Waals surface area (Å²) in [5, 5.41) is 14.8. The molecule has 0 atom stereocenters. The van der Waals surface area contributed by atoms with Crippen LogP contribution in [0.25, 0.3) is 0 Å². The fourth-order valence-electron chi connectivity index (χ4n) is 2.20. The minimum atomic E-state index is -3.77. The second kappa shape index (κ2) is 6.81. The van der Waals surface area contributed by atoms with Crippen LogP contribution in [0.5, 0.6) is 0 Å². The highest BCUT2D eigenvalue weighted by atomic mass is 32.2. The van der Waals surface area contributed by atoms with Crippen molar-refractivity contribution < 1.29 is 18.1 Å². The van der Waals surface area contributed by atoms with Crippen LogP contribution in [0.1, 0.15) is 12.8 Å². The first-order valence-electron chi connectivity index (χ1n) is 6.64. The molecule has 0 aromatic heterocycles. The van der Waals surface area contributed by atoms with Gasteiger partial charge in [-0.1, -0.05) is 0 Å². The van der Waals surface area contributed by atoms with Gasteiger partial charge in [-0.3, -0.25) is 14.9 Å². The smallest absolute Gasteiger partial charge is 0.269 e. The second-order valence-corrected chi connectivity index (χ2v) is 6.55. The normalized spacial score (nSPS) is 17.1. The Morgan fingerprint density at radius 3 is 2.32 bits per heavy atom. The molecule has 1 heterocycles. The molecule has 10 heteroatoms. The topological polar surface area (TPSA) is 122 Å². The number of piperidine rings is 1. The average Bonchev–Trinajstić information content (AvgIpc) is 2.49. The maximum atomic E-state index is 12.2. The third kappa shape index (κ3) is 4.00. The van der Waals surface area contributed by atoms with Gasteiger partial charge in [0.15, 0.2) is 0 Å². The molecule has 9 nitrogen and oxygen atoms in total. The number of nitrogens with one attached hydrogen (secondary N) is 2. The van der Waals surface area contributed by atoms with Crippen molar-refractivity contribution in [2.45, 2.75) is 23.8 Å². The zero-order chi connectivity index (χ0) is 16.2. The van der Waals surface area contributed by atoms with Crippen LogP contribution >= 0.6 is 0 Å². The van der Waals surface area contributed by atoms with E-state index in [-0.39, 0.29) is 16.6 Å². The Morgan fingerprint density at radius 2 is 1.82 bits per heavy atom. The van der Waals surface area contributed by atoms with Crippen molar-refractivity contribution in [2.24, 2.45) is 0 Å². The molecule has 0 radical (unpaired) electrons. The van der Waals surface area contributed by atoms with E-state index in [1.165, 1.54) is 12.1 Å². The van der Waals surface area contributed by atoms with Gasteiger partial charge < -0.3 is 5.32 Å². The van der Waals surface area contributed by atoms with Gasteiger partial charge in [0, 0.05) is 31.3 Å². The Morgan fingerprint density at radius 1 is 1.23 bits per heavy atom. The third-order valence-corrected chi connectivity index (χ3v) is 4.80. The molecule has 1 aromatic carbocycles. The van der Waals surface area contributed by atoms with Crippen LogP contribution in [0.4, 0.5) is 5.69 Å². The van der Waals surface area contributed by atoms with Gasteiger partial charge in [-0.25, -0.2) is 13.4 Å². The van der Waals surface area contributed by atoms with Gasteiger partial charge in [-0.2, -0.15) is 0 Å². The Bertz CT molecular complexity index is 638. The number of amides is 1. The molecule has 120 valence electrons. The molecule has 1 aliphatic heterocycles. The van der Waals surface area contributed by atoms with Crippen LogP contribution < -0.4 is 10.1 Å². The molecule has 1 fully saturated rings. The van der Waals surface area contributed by atoms with E-state index in [9.17, 15) is 23.3 Å². The highest BCUT2D eigenvalue weighted by molar-refractivity contribution is 7.89. The Kier molecular flexibility index (Phi) is 5.06. The highest BCUT2D eigenvalue weighted by Crippen LogP contribution is 2.17. The molecule has 1 aliphatic rings. The molecular formula is C12H16N4O5S. The fourth-order valence-corrected chi connectivity index (χ4v) is 3.33. The number of non-ortho nitro benzene ring substituents is 1.